The molecule has 0 radical (unpaired) electrons. The SMILES string of the molecule is O=C1COc2ccc(C(=O)NCC3(CCO)CC3)cc2N1. The van der Waals surface area contributed by atoms with Crippen molar-refractivity contribution < 1.29 is 19.4 Å². The topological polar surface area (TPSA) is 87.7 Å². The number of benzene rings is 1. The van der Waals surface area contributed by atoms with Gasteiger partial charge in [-0.2, -0.15) is 0 Å². The fourth-order valence-corrected chi connectivity index (χ4v) is 2.52. The van der Waals surface area contributed by atoms with Crippen LogP contribution in [-0.4, -0.2) is 36.7 Å². The molecule has 112 valence electrons. The molecule has 1 aliphatic heterocycles. The molecule has 3 N–H and O–H groups in total. The maximum atomic E-state index is 12.2. The number of nitrogens with one attached hydrogen (secondary N) is 2. The Hall–Kier alpha value is -2.08. The normalized spacial score (nSPS) is 18.2. The Bertz CT molecular complexity index is 581. The van der Waals surface area contributed by atoms with Gasteiger partial charge in [-0.25, -0.2) is 0 Å². The van der Waals surface area contributed by atoms with Gasteiger partial charge >= 0.3 is 0 Å². The van der Waals surface area contributed by atoms with E-state index < -0.39 is 0 Å². The van der Waals surface area contributed by atoms with Crippen molar-refractivity contribution >= 4 is 17.5 Å². The summed E-state index contributed by atoms with van der Waals surface area (Å²) in [4.78, 5) is 23.4. The summed E-state index contributed by atoms with van der Waals surface area (Å²) in [6.07, 6.45) is 2.81. The highest BCUT2D eigenvalue weighted by molar-refractivity contribution is 5.99. The van der Waals surface area contributed by atoms with Gasteiger partial charge in [-0.3, -0.25) is 9.59 Å². The summed E-state index contributed by atoms with van der Waals surface area (Å²) in [5.41, 5.74) is 1.09. The van der Waals surface area contributed by atoms with Crippen LogP contribution in [0.3, 0.4) is 0 Å². The molecule has 1 fully saturated rings. The van der Waals surface area contributed by atoms with Gasteiger partial charge in [0.05, 0.1) is 5.69 Å². The van der Waals surface area contributed by atoms with Crippen LogP contribution < -0.4 is 15.4 Å². The molecule has 0 spiro atoms. The third-order valence-corrected chi connectivity index (χ3v) is 4.10. The Kier molecular flexibility index (Phi) is 3.55. The van der Waals surface area contributed by atoms with Crippen molar-refractivity contribution in [1.82, 2.24) is 5.32 Å². The van der Waals surface area contributed by atoms with Crippen LogP contribution >= 0.6 is 0 Å². The van der Waals surface area contributed by atoms with Crippen molar-refractivity contribution in [2.24, 2.45) is 5.41 Å². The highest BCUT2D eigenvalue weighted by Gasteiger charge is 2.41. The number of carbonyl (C=O) groups excluding carboxylic acids is 2. The van der Waals surface area contributed by atoms with Crippen molar-refractivity contribution in [1.29, 1.82) is 0 Å². The van der Waals surface area contributed by atoms with Gasteiger partial charge in [0.25, 0.3) is 11.8 Å². The monoisotopic (exact) mass is 290 g/mol. The number of fused-ring (bicyclic) bond motifs is 1. The minimum absolute atomic E-state index is 0.00221. The van der Waals surface area contributed by atoms with E-state index in [1.807, 2.05) is 0 Å². The first-order valence-electron chi connectivity index (χ1n) is 7.08. The molecule has 0 bridgehead atoms. The predicted octanol–water partition coefficient (Wildman–Crippen LogP) is 0.910. The molecule has 1 aromatic rings. The number of ether oxygens (including phenoxy) is 1. The molecule has 1 aliphatic carbocycles. The molecule has 3 rings (SSSR count). The van der Waals surface area contributed by atoms with Crippen LogP contribution in [0.2, 0.25) is 0 Å². The van der Waals surface area contributed by atoms with Crippen molar-refractivity contribution in [2.45, 2.75) is 19.3 Å². The highest BCUT2D eigenvalue weighted by atomic mass is 16.5. The zero-order valence-electron chi connectivity index (χ0n) is 11.6. The number of aliphatic hydroxyl groups excluding tert-OH is 1. The van der Waals surface area contributed by atoms with Gasteiger partial charge in [0, 0.05) is 18.7 Å². The van der Waals surface area contributed by atoms with Crippen molar-refractivity contribution in [3.8, 4) is 5.75 Å². The van der Waals surface area contributed by atoms with E-state index >= 15 is 0 Å². The smallest absolute Gasteiger partial charge is 0.262 e. The van der Waals surface area contributed by atoms with Gasteiger partial charge in [0.2, 0.25) is 0 Å². The molecule has 2 amide bonds. The lowest BCUT2D eigenvalue weighted by Gasteiger charge is -2.19. The maximum Gasteiger partial charge on any atom is 0.262 e. The number of anilines is 1. The summed E-state index contributed by atoms with van der Waals surface area (Å²) >= 11 is 0. The summed E-state index contributed by atoms with van der Waals surface area (Å²) in [7, 11) is 0. The predicted molar refractivity (Wildman–Crippen MR) is 76.3 cm³/mol. The van der Waals surface area contributed by atoms with Gasteiger partial charge in [-0.05, 0) is 42.9 Å². The summed E-state index contributed by atoms with van der Waals surface area (Å²) in [6.45, 7) is 0.729. The molecule has 6 heteroatoms. The van der Waals surface area contributed by atoms with E-state index in [9.17, 15) is 9.59 Å². The molecule has 0 unspecified atom stereocenters. The molecule has 6 nitrogen and oxygen atoms in total. The quantitative estimate of drug-likeness (QED) is 0.752. The average molecular weight is 290 g/mol. The van der Waals surface area contributed by atoms with E-state index in [1.165, 1.54) is 0 Å². The minimum atomic E-state index is -0.222. The number of amides is 2. The summed E-state index contributed by atoms with van der Waals surface area (Å²) in [5.74, 6) is 0.173. The zero-order chi connectivity index (χ0) is 14.9. The number of carbonyl (C=O) groups is 2. The van der Waals surface area contributed by atoms with Gasteiger partial charge in [0.1, 0.15) is 5.75 Å². The molecule has 21 heavy (non-hydrogen) atoms. The third kappa shape index (κ3) is 3.00. The fourth-order valence-electron chi connectivity index (χ4n) is 2.52. The van der Waals surface area contributed by atoms with Crippen LogP contribution in [0.25, 0.3) is 0 Å². The number of hydrogen-bond acceptors (Lipinski definition) is 4. The van der Waals surface area contributed by atoms with E-state index in [-0.39, 0.29) is 30.4 Å². The molecule has 2 aliphatic rings. The minimum Gasteiger partial charge on any atom is -0.482 e. The second-order valence-corrected chi connectivity index (χ2v) is 5.70. The molecule has 0 atom stereocenters. The van der Waals surface area contributed by atoms with E-state index in [0.717, 1.165) is 19.3 Å². The molecule has 0 saturated heterocycles. The van der Waals surface area contributed by atoms with Crippen LogP contribution in [0.1, 0.15) is 29.6 Å². The van der Waals surface area contributed by atoms with Gasteiger partial charge in [0.15, 0.2) is 6.61 Å². The van der Waals surface area contributed by atoms with Crippen LogP contribution in [0, 0.1) is 5.41 Å². The lowest BCUT2D eigenvalue weighted by molar-refractivity contribution is -0.118. The van der Waals surface area contributed by atoms with Crippen LogP contribution in [0.5, 0.6) is 5.75 Å². The molecular formula is C15H18N2O4. The van der Waals surface area contributed by atoms with Gasteiger partial charge < -0.3 is 20.5 Å². The van der Waals surface area contributed by atoms with Gasteiger partial charge in [-0.15, -0.1) is 0 Å². The van der Waals surface area contributed by atoms with Crippen LogP contribution in [0.4, 0.5) is 5.69 Å². The van der Waals surface area contributed by atoms with Crippen molar-refractivity contribution in [2.75, 3.05) is 25.1 Å². The molecular weight excluding hydrogens is 272 g/mol. The van der Waals surface area contributed by atoms with E-state index in [4.69, 9.17) is 9.84 Å². The molecule has 1 heterocycles. The van der Waals surface area contributed by atoms with E-state index in [2.05, 4.69) is 10.6 Å². The second-order valence-electron chi connectivity index (χ2n) is 5.70. The lowest BCUT2D eigenvalue weighted by Crippen LogP contribution is -2.31. The molecule has 0 aromatic heterocycles. The second kappa shape index (κ2) is 5.37. The highest BCUT2D eigenvalue weighted by Crippen LogP contribution is 2.47. The van der Waals surface area contributed by atoms with Crippen molar-refractivity contribution in [3.05, 3.63) is 23.8 Å². The van der Waals surface area contributed by atoms with Gasteiger partial charge in [-0.1, -0.05) is 0 Å². The first-order chi connectivity index (χ1) is 10.1. The van der Waals surface area contributed by atoms with Crippen molar-refractivity contribution in [3.63, 3.8) is 0 Å². The van der Waals surface area contributed by atoms with Crippen LogP contribution in [-0.2, 0) is 4.79 Å². The Labute approximate surface area is 122 Å². The average Bonchev–Trinajstić information content (AvgIpc) is 3.24. The number of aliphatic hydroxyl groups is 1. The first-order valence-corrected chi connectivity index (χ1v) is 7.08. The summed E-state index contributed by atoms with van der Waals surface area (Å²) in [6, 6.07) is 4.98. The van der Waals surface area contributed by atoms with E-state index in [0.29, 0.717) is 23.5 Å². The Morgan fingerprint density at radius 3 is 2.95 bits per heavy atom. The summed E-state index contributed by atoms with van der Waals surface area (Å²) < 4.78 is 5.26. The maximum absolute atomic E-state index is 12.2. The lowest BCUT2D eigenvalue weighted by atomic mass is 10.0. The third-order valence-electron chi connectivity index (χ3n) is 4.10. The molecule has 1 aromatic carbocycles. The fraction of sp³-hybridized carbons (Fsp3) is 0.467. The molecule has 1 saturated carbocycles. The Balaban J connectivity index is 1.65. The summed E-state index contributed by atoms with van der Waals surface area (Å²) in [5, 5.41) is 14.6. The van der Waals surface area contributed by atoms with E-state index in [1.54, 1.807) is 18.2 Å². The Morgan fingerprint density at radius 2 is 2.24 bits per heavy atom. The largest absolute Gasteiger partial charge is 0.482 e. The Morgan fingerprint density at radius 1 is 1.43 bits per heavy atom. The number of rotatable bonds is 5. The van der Waals surface area contributed by atoms with Crippen LogP contribution in [0.15, 0.2) is 18.2 Å². The first kappa shape index (κ1) is 13.9. The number of hydrogen-bond donors (Lipinski definition) is 3. The standard InChI is InChI=1S/C15H18N2O4/c18-6-5-15(3-4-15)9-16-14(20)10-1-2-12-11(7-10)17-13(19)8-21-12/h1-2,7,18H,3-6,8-9H2,(H,16,20)(H,17,19). The zero-order valence-corrected chi connectivity index (χ0v) is 11.6.